The minimum atomic E-state index is -0.978. The molecule has 13 heavy (non-hydrogen) atoms. The number of hydrogen-bond acceptors (Lipinski definition) is 2. The van der Waals surface area contributed by atoms with E-state index in [1.807, 2.05) is 12.8 Å². The van der Waals surface area contributed by atoms with Gasteiger partial charge in [-0.2, -0.15) is 0 Å². The van der Waals surface area contributed by atoms with Gasteiger partial charge in [-0.25, -0.2) is 4.79 Å². The number of carbonyl (C=O) groups is 2. The van der Waals surface area contributed by atoms with Crippen LogP contribution in [0.5, 0.6) is 0 Å². The van der Waals surface area contributed by atoms with E-state index in [4.69, 9.17) is 11.5 Å². The molecule has 0 aliphatic carbocycles. The van der Waals surface area contributed by atoms with Crippen molar-refractivity contribution in [2.45, 2.75) is 19.4 Å². The van der Waals surface area contributed by atoms with Crippen LogP contribution in [0, 0.1) is 18.3 Å². The predicted molar refractivity (Wildman–Crippen MR) is 45.8 cm³/mol. The summed E-state index contributed by atoms with van der Waals surface area (Å²) in [6, 6.07) is -0.747. The SMILES string of the molecule is C#CC(=O)N1CCC(C)C1C(=O)O. The van der Waals surface area contributed by atoms with Gasteiger partial charge >= 0.3 is 5.97 Å². The van der Waals surface area contributed by atoms with E-state index in [-0.39, 0.29) is 5.92 Å². The Balaban J connectivity index is 2.83. The molecule has 1 rings (SSSR count). The number of likely N-dealkylation sites (tertiary alicyclic amines) is 1. The third-order valence-corrected chi connectivity index (χ3v) is 2.34. The Morgan fingerprint density at radius 1 is 1.62 bits per heavy atom. The first-order valence-electron chi connectivity index (χ1n) is 4.08. The standard InChI is InChI=1S/C9H11NO3/c1-3-7(11)10-5-4-6(2)8(10)9(12)13/h1,6,8H,4-5H2,2H3,(H,12,13). The van der Waals surface area contributed by atoms with E-state index in [0.717, 1.165) is 0 Å². The van der Waals surface area contributed by atoms with Gasteiger partial charge in [-0.15, -0.1) is 6.42 Å². The number of carbonyl (C=O) groups excluding carboxylic acids is 1. The van der Waals surface area contributed by atoms with Crippen LogP contribution in [0.1, 0.15) is 13.3 Å². The van der Waals surface area contributed by atoms with Gasteiger partial charge in [0.25, 0.3) is 5.91 Å². The van der Waals surface area contributed by atoms with Crippen molar-refractivity contribution in [2.75, 3.05) is 6.54 Å². The van der Waals surface area contributed by atoms with E-state index in [1.165, 1.54) is 4.90 Å². The van der Waals surface area contributed by atoms with E-state index in [0.29, 0.717) is 13.0 Å². The monoisotopic (exact) mass is 181 g/mol. The van der Waals surface area contributed by atoms with E-state index >= 15 is 0 Å². The number of terminal acetylenes is 1. The molecule has 0 radical (unpaired) electrons. The van der Waals surface area contributed by atoms with Crippen LogP contribution in [-0.4, -0.2) is 34.5 Å². The fourth-order valence-electron chi connectivity index (χ4n) is 1.63. The maximum absolute atomic E-state index is 11.1. The number of carboxylic acids is 1. The molecule has 4 heteroatoms. The fraction of sp³-hybridized carbons (Fsp3) is 0.556. The molecule has 1 fully saturated rings. The Morgan fingerprint density at radius 3 is 2.69 bits per heavy atom. The lowest BCUT2D eigenvalue weighted by molar-refractivity contribution is -0.147. The summed E-state index contributed by atoms with van der Waals surface area (Å²) in [6.07, 6.45) is 5.62. The number of hydrogen-bond donors (Lipinski definition) is 1. The summed E-state index contributed by atoms with van der Waals surface area (Å²) in [5.41, 5.74) is 0. The predicted octanol–water partition coefficient (Wildman–Crippen LogP) is -0.0588. The van der Waals surface area contributed by atoms with Gasteiger partial charge < -0.3 is 10.0 Å². The van der Waals surface area contributed by atoms with Crippen molar-refractivity contribution in [1.82, 2.24) is 4.90 Å². The molecule has 1 saturated heterocycles. The molecule has 1 amide bonds. The molecule has 2 unspecified atom stereocenters. The van der Waals surface area contributed by atoms with Crippen molar-refractivity contribution in [3.63, 3.8) is 0 Å². The first-order chi connectivity index (χ1) is 6.07. The molecule has 1 aliphatic rings. The topological polar surface area (TPSA) is 57.6 Å². The average molecular weight is 181 g/mol. The number of rotatable bonds is 1. The number of carboxylic acid groups (broad SMARTS) is 1. The molecule has 0 aromatic carbocycles. The van der Waals surface area contributed by atoms with Crippen molar-refractivity contribution in [3.05, 3.63) is 0 Å². The largest absolute Gasteiger partial charge is 0.480 e. The third-order valence-electron chi connectivity index (χ3n) is 2.34. The quantitative estimate of drug-likeness (QED) is 0.576. The minimum Gasteiger partial charge on any atom is -0.480 e. The highest BCUT2D eigenvalue weighted by molar-refractivity contribution is 5.96. The Hall–Kier alpha value is -1.50. The first kappa shape index (κ1) is 9.59. The molecule has 0 saturated carbocycles. The van der Waals surface area contributed by atoms with Crippen LogP contribution in [0.2, 0.25) is 0 Å². The lowest BCUT2D eigenvalue weighted by atomic mass is 10.0. The summed E-state index contributed by atoms with van der Waals surface area (Å²) in [4.78, 5) is 23.1. The van der Waals surface area contributed by atoms with Crippen LogP contribution < -0.4 is 0 Å². The molecule has 1 aliphatic heterocycles. The normalized spacial score (nSPS) is 26.9. The Morgan fingerprint density at radius 2 is 2.23 bits per heavy atom. The van der Waals surface area contributed by atoms with Crippen LogP contribution in [0.15, 0.2) is 0 Å². The molecule has 70 valence electrons. The van der Waals surface area contributed by atoms with Gasteiger partial charge in [0.15, 0.2) is 0 Å². The highest BCUT2D eigenvalue weighted by Gasteiger charge is 2.38. The van der Waals surface area contributed by atoms with Gasteiger partial charge in [0.2, 0.25) is 0 Å². The van der Waals surface area contributed by atoms with E-state index in [1.54, 1.807) is 0 Å². The van der Waals surface area contributed by atoms with Gasteiger partial charge in [-0.3, -0.25) is 4.79 Å². The van der Waals surface area contributed by atoms with E-state index in [2.05, 4.69) is 0 Å². The Labute approximate surface area is 76.5 Å². The van der Waals surface area contributed by atoms with Crippen molar-refractivity contribution in [2.24, 2.45) is 5.92 Å². The molecule has 0 spiro atoms. The fourth-order valence-corrected chi connectivity index (χ4v) is 1.63. The smallest absolute Gasteiger partial charge is 0.326 e. The van der Waals surface area contributed by atoms with Gasteiger partial charge in [-0.05, 0) is 18.3 Å². The summed E-state index contributed by atoms with van der Waals surface area (Å²) >= 11 is 0. The molecule has 1 heterocycles. The molecule has 2 atom stereocenters. The van der Waals surface area contributed by atoms with Crippen LogP contribution in [-0.2, 0) is 9.59 Å². The maximum Gasteiger partial charge on any atom is 0.326 e. The van der Waals surface area contributed by atoms with Gasteiger partial charge in [0.05, 0.1) is 0 Å². The zero-order chi connectivity index (χ0) is 10.0. The first-order valence-corrected chi connectivity index (χ1v) is 4.08. The van der Waals surface area contributed by atoms with Crippen LogP contribution in [0.4, 0.5) is 0 Å². The van der Waals surface area contributed by atoms with Gasteiger partial charge in [-0.1, -0.05) is 6.92 Å². The van der Waals surface area contributed by atoms with Crippen molar-refractivity contribution >= 4 is 11.9 Å². The highest BCUT2D eigenvalue weighted by Crippen LogP contribution is 2.23. The molecule has 0 aromatic rings. The average Bonchev–Trinajstić information content (AvgIpc) is 2.45. The summed E-state index contributed by atoms with van der Waals surface area (Å²) in [5.74, 6) is 0.408. The molecule has 0 bridgehead atoms. The lowest BCUT2D eigenvalue weighted by Gasteiger charge is -2.20. The second kappa shape index (κ2) is 3.48. The van der Waals surface area contributed by atoms with Crippen molar-refractivity contribution in [1.29, 1.82) is 0 Å². The summed E-state index contributed by atoms with van der Waals surface area (Å²) in [5, 5.41) is 8.84. The number of nitrogens with zero attached hydrogens (tertiary/aromatic N) is 1. The van der Waals surface area contributed by atoms with Crippen molar-refractivity contribution < 1.29 is 14.7 Å². The van der Waals surface area contributed by atoms with Crippen LogP contribution >= 0.6 is 0 Å². The Bertz CT molecular complexity index is 279. The molecule has 4 nitrogen and oxygen atoms in total. The zero-order valence-electron chi connectivity index (χ0n) is 7.36. The van der Waals surface area contributed by atoms with E-state index < -0.39 is 17.9 Å². The van der Waals surface area contributed by atoms with Gasteiger partial charge in [0.1, 0.15) is 6.04 Å². The second-order valence-corrected chi connectivity index (χ2v) is 3.19. The lowest BCUT2D eigenvalue weighted by Crippen LogP contribution is -2.42. The zero-order valence-corrected chi connectivity index (χ0v) is 7.36. The van der Waals surface area contributed by atoms with Crippen LogP contribution in [0.25, 0.3) is 0 Å². The summed E-state index contributed by atoms with van der Waals surface area (Å²) < 4.78 is 0. The van der Waals surface area contributed by atoms with Crippen LogP contribution in [0.3, 0.4) is 0 Å². The molecular formula is C9H11NO3. The van der Waals surface area contributed by atoms with Crippen molar-refractivity contribution in [3.8, 4) is 12.3 Å². The summed E-state index contributed by atoms with van der Waals surface area (Å²) in [7, 11) is 0. The molecule has 0 aromatic heterocycles. The Kier molecular flexibility index (Phi) is 2.57. The third kappa shape index (κ3) is 1.64. The second-order valence-electron chi connectivity index (χ2n) is 3.19. The molecular weight excluding hydrogens is 170 g/mol. The highest BCUT2D eigenvalue weighted by atomic mass is 16.4. The molecule has 1 N–H and O–H groups in total. The maximum atomic E-state index is 11.1. The summed E-state index contributed by atoms with van der Waals surface area (Å²) in [6.45, 7) is 2.25. The minimum absolute atomic E-state index is 0.0187. The number of aliphatic carboxylic acids is 1. The van der Waals surface area contributed by atoms with E-state index in [9.17, 15) is 9.59 Å². The van der Waals surface area contributed by atoms with Gasteiger partial charge in [0, 0.05) is 6.54 Å². The number of amides is 1.